The van der Waals surface area contributed by atoms with Gasteiger partial charge in [-0.05, 0) is 77.2 Å². The van der Waals surface area contributed by atoms with Crippen molar-refractivity contribution in [2.24, 2.45) is 0 Å². The Morgan fingerprint density at radius 1 is 1.00 bits per heavy atom. The summed E-state index contributed by atoms with van der Waals surface area (Å²) in [6, 6.07) is 8.93. The Bertz CT molecular complexity index is 1040. The van der Waals surface area contributed by atoms with Gasteiger partial charge in [-0.15, -0.1) is 0 Å². The van der Waals surface area contributed by atoms with E-state index in [9.17, 15) is 17.6 Å². The summed E-state index contributed by atoms with van der Waals surface area (Å²) >= 11 is 3.30. The summed E-state index contributed by atoms with van der Waals surface area (Å²) in [7, 11) is -3.51. The van der Waals surface area contributed by atoms with Crippen LogP contribution in [0.25, 0.3) is 0 Å². The number of anilines is 1. The number of sulfonamides is 1. The first-order valence-electron chi connectivity index (χ1n) is 9.28. The van der Waals surface area contributed by atoms with E-state index in [1.54, 1.807) is 27.4 Å². The molecule has 5 nitrogen and oxygen atoms in total. The third-order valence-electron chi connectivity index (χ3n) is 5.30. The van der Waals surface area contributed by atoms with Crippen molar-refractivity contribution in [1.29, 1.82) is 0 Å². The zero-order valence-corrected chi connectivity index (χ0v) is 17.6. The number of rotatable bonds is 3. The molecule has 0 N–H and O–H groups in total. The van der Waals surface area contributed by atoms with Gasteiger partial charge in [0.15, 0.2) is 0 Å². The third kappa shape index (κ3) is 3.49. The van der Waals surface area contributed by atoms with Crippen LogP contribution in [0.4, 0.5) is 10.1 Å². The topological polar surface area (TPSA) is 57.7 Å². The molecule has 28 heavy (non-hydrogen) atoms. The van der Waals surface area contributed by atoms with E-state index in [-0.39, 0.29) is 16.4 Å². The summed E-state index contributed by atoms with van der Waals surface area (Å²) in [5, 5.41) is 0. The van der Waals surface area contributed by atoms with E-state index < -0.39 is 15.8 Å². The lowest BCUT2D eigenvalue weighted by atomic mass is 10.1. The van der Waals surface area contributed by atoms with Crippen molar-refractivity contribution in [3.8, 4) is 0 Å². The summed E-state index contributed by atoms with van der Waals surface area (Å²) < 4.78 is 41.5. The van der Waals surface area contributed by atoms with Gasteiger partial charge in [-0.25, -0.2) is 12.8 Å². The minimum atomic E-state index is -3.51. The monoisotopic (exact) mass is 466 g/mol. The molecule has 2 heterocycles. The second kappa shape index (κ2) is 7.57. The molecule has 0 spiro atoms. The van der Waals surface area contributed by atoms with E-state index in [0.717, 1.165) is 24.8 Å². The molecule has 0 unspecified atom stereocenters. The molecule has 2 aromatic rings. The molecular formula is C20H20BrFN2O3S. The zero-order valence-electron chi connectivity index (χ0n) is 15.2. The lowest BCUT2D eigenvalue weighted by Crippen LogP contribution is -2.35. The molecule has 0 saturated carbocycles. The Hall–Kier alpha value is -1.77. The maximum absolute atomic E-state index is 13.6. The summed E-state index contributed by atoms with van der Waals surface area (Å²) in [5.41, 5.74) is 1.75. The molecule has 148 valence electrons. The van der Waals surface area contributed by atoms with Gasteiger partial charge in [0, 0.05) is 29.8 Å². The molecule has 2 aromatic carbocycles. The summed E-state index contributed by atoms with van der Waals surface area (Å²) in [6.45, 7) is 1.54. The fourth-order valence-corrected chi connectivity index (χ4v) is 5.80. The molecule has 4 rings (SSSR count). The predicted octanol–water partition coefficient (Wildman–Crippen LogP) is 3.97. The number of piperidine rings is 1. The fourth-order valence-electron chi connectivity index (χ4n) is 3.81. The first kappa shape index (κ1) is 19.5. The highest BCUT2D eigenvalue weighted by Gasteiger charge is 2.31. The average Bonchev–Trinajstić information content (AvgIpc) is 3.13. The maximum Gasteiger partial charge on any atom is 0.259 e. The van der Waals surface area contributed by atoms with Gasteiger partial charge in [0.2, 0.25) is 10.0 Å². The number of nitrogens with zero attached hydrogens (tertiary/aromatic N) is 2. The fraction of sp³-hybridized carbons (Fsp3) is 0.350. The predicted molar refractivity (Wildman–Crippen MR) is 109 cm³/mol. The number of hydrogen-bond donors (Lipinski definition) is 0. The van der Waals surface area contributed by atoms with Crippen molar-refractivity contribution in [3.63, 3.8) is 0 Å². The van der Waals surface area contributed by atoms with Crippen LogP contribution < -0.4 is 4.90 Å². The standard InChI is InChI=1S/C20H20BrFN2O3S/c21-18-6-4-15(22)13-17(18)20(25)24-11-8-14-12-16(5-7-19(14)24)28(26,27)23-9-2-1-3-10-23/h4-7,12-13H,1-3,8-11H2. The van der Waals surface area contributed by atoms with Gasteiger partial charge in [0.1, 0.15) is 5.82 Å². The molecule has 1 saturated heterocycles. The number of carbonyl (C=O) groups is 1. The van der Waals surface area contributed by atoms with E-state index in [1.807, 2.05) is 0 Å². The van der Waals surface area contributed by atoms with E-state index in [1.165, 1.54) is 18.2 Å². The van der Waals surface area contributed by atoms with Gasteiger partial charge in [-0.2, -0.15) is 4.31 Å². The van der Waals surface area contributed by atoms with Gasteiger partial charge in [-0.1, -0.05) is 6.42 Å². The van der Waals surface area contributed by atoms with Crippen LogP contribution >= 0.6 is 15.9 Å². The minimum Gasteiger partial charge on any atom is -0.308 e. The Kier molecular flexibility index (Phi) is 5.28. The number of hydrogen-bond acceptors (Lipinski definition) is 3. The van der Waals surface area contributed by atoms with Crippen LogP contribution in [0.2, 0.25) is 0 Å². The van der Waals surface area contributed by atoms with Crippen molar-refractivity contribution in [3.05, 3.63) is 57.8 Å². The van der Waals surface area contributed by atoms with Crippen LogP contribution in [-0.4, -0.2) is 38.3 Å². The van der Waals surface area contributed by atoms with Crippen LogP contribution in [-0.2, 0) is 16.4 Å². The molecule has 1 amide bonds. The minimum absolute atomic E-state index is 0.248. The van der Waals surface area contributed by atoms with Crippen LogP contribution in [0.5, 0.6) is 0 Å². The van der Waals surface area contributed by atoms with E-state index in [2.05, 4.69) is 15.9 Å². The Morgan fingerprint density at radius 3 is 2.50 bits per heavy atom. The van der Waals surface area contributed by atoms with Crippen LogP contribution in [0, 0.1) is 5.82 Å². The Balaban J connectivity index is 1.63. The molecular weight excluding hydrogens is 447 g/mol. The molecule has 1 fully saturated rings. The first-order chi connectivity index (χ1) is 13.4. The van der Waals surface area contributed by atoms with Crippen LogP contribution in [0.1, 0.15) is 35.2 Å². The van der Waals surface area contributed by atoms with Gasteiger partial charge in [0.25, 0.3) is 5.91 Å². The number of amides is 1. The van der Waals surface area contributed by atoms with E-state index in [0.29, 0.717) is 36.2 Å². The average molecular weight is 467 g/mol. The second-order valence-electron chi connectivity index (χ2n) is 7.09. The maximum atomic E-state index is 13.6. The van der Waals surface area contributed by atoms with Gasteiger partial charge >= 0.3 is 0 Å². The van der Waals surface area contributed by atoms with Gasteiger partial charge in [-0.3, -0.25) is 4.79 Å². The molecule has 0 aromatic heterocycles. The second-order valence-corrected chi connectivity index (χ2v) is 9.88. The SMILES string of the molecule is O=C(c1cc(F)ccc1Br)N1CCc2cc(S(=O)(=O)N3CCCCC3)ccc21. The lowest BCUT2D eigenvalue weighted by molar-refractivity contribution is 0.0988. The highest BCUT2D eigenvalue weighted by Crippen LogP contribution is 2.33. The first-order valence-corrected chi connectivity index (χ1v) is 11.5. The number of halogens is 2. The summed E-state index contributed by atoms with van der Waals surface area (Å²) in [6.07, 6.45) is 3.39. The highest BCUT2D eigenvalue weighted by atomic mass is 79.9. The van der Waals surface area contributed by atoms with E-state index >= 15 is 0 Å². The van der Waals surface area contributed by atoms with Gasteiger partial charge in [0.05, 0.1) is 10.5 Å². The smallest absolute Gasteiger partial charge is 0.259 e. The third-order valence-corrected chi connectivity index (χ3v) is 7.89. The van der Waals surface area contributed by atoms with Crippen LogP contribution in [0.15, 0.2) is 45.8 Å². The van der Waals surface area contributed by atoms with Crippen molar-refractivity contribution >= 4 is 37.5 Å². The Morgan fingerprint density at radius 2 is 1.75 bits per heavy atom. The summed E-state index contributed by atoms with van der Waals surface area (Å²) in [4.78, 5) is 14.8. The Labute approximate surface area is 172 Å². The molecule has 0 aliphatic carbocycles. The molecule has 0 atom stereocenters. The number of fused-ring (bicyclic) bond motifs is 1. The molecule has 2 aliphatic rings. The highest BCUT2D eigenvalue weighted by molar-refractivity contribution is 9.10. The van der Waals surface area contributed by atoms with Crippen molar-refractivity contribution in [1.82, 2.24) is 4.31 Å². The molecule has 8 heteroatoms. The molecule has 0 bridgehead atoms. The quantitative estimate of drug-likeness (QED) is 0.687. The molecule has 2 aliphatic heterocycles. The normalized spacial score (nSPS) is 17.6. The van der Waals surface area contributed by atoms with E-state index in [4.69, 9.17) is 0 Å². The number of benzene rings is 2. The van der Waals surface area contributed by atoms with Crippen molar-refractivity contribution in [2.45, 2.75) is 30.6 Å². The summed E-state index contributed by atoms with van der Waals surface area (Å²) in [5.74, 6) is -0.786. The van der Waals surface area contributed by atoms with Crippen LogP contribution in [0.3, 0.4) is 0 Å². The number of carbonyl (C=O) groups excluding carboxylic acids is 1. The lowest BCUT2D eigenvalue weighted by Gasteiger charge is -2.26. The molecule has 0 radical (unpaired) electrons. The van der Waals surface area contributed by atoms with Crippen molar-refractivity contribution < 1.29 is 17.6 Å². The van der Waals surface area contributed by atoms with Crippen molar-refractivity contribution in [2.75, 3.05) is 24.5 Å². The largest absolute Gasteiger partial charge is 0.308 e. The zero-order chi connectivity index (χ0) is 19.9. The van der Waals surface area contributed by atoms with Gasteiger partial charge < -0.3 is 4.90 Å².